The van der Waals surface area contributed by atoms with E-state index in [-0.39, 0.29) is 17.9 Å². The van der Waals surface area contributed by atoms with E-state index in [2.05, 4.69) is 20.4 Å². The van der Waals surface area contributed by atoms with Crippen LogP contribution in [0.25, 0.3) is 0 Å². The number of H-pyrrole nitrogens is 1. The molecule has 25 heavy (non-hydrogen) atoms. The number of anilines is 1. The molecule has 0 aliphatic carbocycles. The van der Waals surface area contributed by atoms with Gasteiger partial charge in [0, 0.05) is 23.7 Å². The molecule has 2 N–H and O–H groups in total. The molecule has 130 valence electrons. The average molecular weight is 342 g/mol. The van der Waals surface area contributed by atoms with Crippen LogP contribution in [-0.4, -0.2) is 15.1 Å². The lowest BCUT2D eigenvalue weighted by atomic mass is 10.1. The van der Waals surface area contributed by atoms with Crippen LogP contribution < -0.4 is 10.9 Å². The highest BCUT2D eigenvalue weighted by atomic mass is 19.1. The van der Waals surface area contributed by atoms with Crippen molar-refractivity contribution in [2.45, 2.75) is 33.2 Å². The molecular weight excluding hydrogens is 323 g/mol. The summed E-state index contributed by atoms with van der Waals surface area (Å²) in [6, 6.07) is 7.94. The van der Waals surface area contributed by atoms with E-state index < -0.39 is 0 Å². The number of nitrogens with zero attached hydrogens (tertiary/aromatic N) is 2. The van der Waals surface area contributed by atoms with Gasteiger partial charge in [-0.1, -0.05) is 23.4 Å². The lowest BCUT2D eigenvalue weighted by Gasteiger charge is -2.08. The van der Waals surface area contributed by atoms with E-state index in [9.17, 15) is 9.18 Å². The number of halogens is 1. The maximum absolute atomic E-state index is 13.7. The van der Waals surface area contributed by atoms with E-state index >= 15 is 0 Å². The monoisotopic (exact) mass is 342 g/mol. The molecule has 0 radical (unpaired) electrons. The van der Waals surface area contributed by atoms with Gasteiger partial charge < -0.3 is 9.84 Å². The number of nitrogens with one attached hydrogen (secondary N) is 2. The van der Waals surface area contributed by atoms with Gasteiger partial charge in [0.25, 0.3) is 5.56 Å². The molecule has 0 spiro atoms. The van der Waals surface area contributed by atoms with Crippen molar-refractivity contribution >= 4 is 5.95 Å². The molecule has 6 nitrogen and oxygen atoms in total. The van der Waals surface area contributed by atoms with E-state index in [1.165, 1.54) is 12.1 Å². The number of hydrogen-bond acceptors (Lipinski definition) is 5. The molecule has 0 aliphatic heterocycles. The molecule has 3 aromatic rings. The van der Waals surface area contributed by atoms with Crippen LogP contribution in [0.3, 0.4) is 0 Å². The van der Waals surface area contributed by atoms with Gasteiger partial charge >= 0.3 is 0 Å². The zero-order chi connectivity index (χ0) is 17.8. The number of aromatic amines is 1. The summed E-state index contributed by atoms with van der Waals surface area (Å²) < 4.78 is 18.8. The Kier molecular flexibility index (Phi) is 4.92. The first-order valence-electron chi connectivity index (χ1n) is 8.02. The molecule has 0 amide bonds. The second-order valence-corrected chi connectivity index (χ2v) is 5.83. The predicted molar refractivity (Wildman–Crippen MR) is 92.0 cm³/mol. The first kappa shape index (κ1) is 16.9. The number of aryl methyl sites for hydroxylation is 3. The van der Waals surface area contributed by atoms with Crippen LogP contribution in [-0.2, 0) is 19.4 Å². The van der Waals surface area contributed by atoms with Gasteiger partial charge in [0.15, 0.2) is 0 Å². The summed E-state index contributed by atoms with van der Waals surface area (Å²) in [5.41, 5.74) is 2.79. The van der Waals surface area contributed by atoms with Gasteiger partial charge in [-0.25, -0.2) is 9.37 Å². The van der Waals surface area contributed by atoms with Crippen LogP contribution in [0.15, 0.2) is 39.6 Å². The number of aromatic nitrogens is 3. The zero-order valence-electron chi connectivity index (χ0n) is 14.1. The first-order valence-corrected chi connectivity index (χ1v) is 8.02. The third kappa shape index (κ3) is 4.12. The van der Waals surface area contributed by atoms with Gasteiger partial charge in [-0.2, -0.15) is 0 Å². The molecule has 0 bridgehead atoms. The van der Waals surface area contributed by atoms with Crippen LogP contribution in [0.1, 0.15) is 28.3 Å². The fraction of sp³-hybridized carbons (Fsp3) is 0.278. The normalized spacial score (nSPS) is 10.8. The Hall–Kier alpha value is -2.96. The van der Waals surface area contributed by atoms with Crippen LogP contribution in [0.2, 0.25) is 0 Å². The molecule has 0 fully saturated rings. The van der Waals surface area contributed by atoms with Crippen molar-refractivity contribution in [3.05, 3.63) is 74.8 Å². The second-order valence-electron chi connectivity index (χ2n) is 5.83. The smallest absolute Gasteiger partial charge is 0.252 e. The molecule has 0 saturated carbocycles. The van der Waals surface area contributed by atoms with E-state index in [4.69, 9.17) is 4.52 Å². The van der Waals surface area contributed by atoms with Gasteiger partial charge in [-0.15, -0.1) is 0 Å². The SMILES string of the molecule is Cc1noc(C)c1CCc1cc(=O)[nH]c(NCc2ccccc2F)n1. The van der Waals surface area contributed by atoms with E-state index in [1.54, 1.807) is 18.2 Å². The van der Waals surface area contributed by atoms with Crippen molar-refractivity contribution in [3.63, 3.8) is 0 Å². The molecule has 2 heterocycles. The van der Waals surface area contributed by atoms with Crippen molar-refractivity contribution < 1.29 is 8.91 Å². The minimum Gasteiger partial charge on any atom is -0.361 e. The van der Waals surface area contributed by atoms with Crippen molar-refractivity contribution in [3.8, 4) is 0 Å². The minimum atomic E-state index is -0.299. The Bertz CT molecular complexity index is 913. The number of benzene rings is 1. The van der Waals surface area contributed by atoms with Crippen LogP contribution in [0.5, 0.6) is 0 Å². The summed E-state index contributed by atoms with van der Waals surface area (Å²) >= 11 is 0. The summed E-state index contributed by atoms with van der Waals surface area (Å²) in [6.45, 7) is 3.99. The molecule has 0 aliphatic rings. The van der Waals surface area contributed by atoms with E-state index in [0.29, 0.717) is 30.0 Å². The van der Waals surface area contributed by atoms with Crippen LogP contribution >= 0.6 is 0 Å². The van der Waals surface area contributed by atoms with Gasteiger partial charge in [0.05, 0.1) is 11.4 Å². The largest absolute Gasteiger partial charge is 0.361 e. The highest BCUT2D eigenvalue weighted by Gasteiger charge is 2.10. The number of rotatable bonds is 6. The molecule has 0 atom stereocenters. The van der Waals surface area contributed by atoms with Gasteiger partial charge in [-0.3, -0.25) is 9.78 Å². The van der Waals surface area contributed by atoms with Crippen LogP contribution in [0, 0.1) is 19.7 Å². The zero-order valence-corrected chi connectivity index (χ0v) is 14.1. The summed E-state index contributed by atoms with van der Waals surface area (Å²) in [6.07, 6.45) is 1.27. The molecule has 0 unspecified atom stereocenters. The van der Waals surface area contributed by atoms with Crippen molar-refractivity contribution in [2.75, 3.05) is 5.32 Å². The average Bonchev–Trinajstić information content (AvgIpc) is 2.90. The quantitative estimate of drug-likeness (QED) is 0.719. The summed E-state index contributed by atoms with van der Waals surface area (Å²) in [4.78, 5) is 18.9. The second kappa shape index (κ2) is 7.29. The molecule has 7 heteroatoms. The predicted octanol–water partition coefficient (Wildman–Crippen LogP) is 2.91. The highest BCUT2D eigenvalue weighted by Crippen LogP contribution is 2.15. The van der Waals surface area contributed by atoms with E-state index in [1.807, 2.05) is 13.8 Å². The molecular formula is C18H19FN4O2. The van der Waals surface area contributed by atoms with E-state index in [0.717, 1.165) is 17.0 Å². The molecule has 3 rings (SSSR count). The Balaban J connectivity index is 1.70. The number of hydrogen-bond donors (Lipinski definition) is 2. The maximum atomic E-state index is 13.7. The highest BCUT2D eigenvalue weighted by molar-refractivity contribution is 5.29. The Labute approximate surface area is 144 Å². The Morgan fingerprint density at radius 2 is 2.04 bits per heavy atom. The van der Waals surface area contributed by atoms with Gasteiger partial charge in [0.2, 0.25) is 5.95 Å². The van der Waals surface area contributed by atoms with Gasteiger partial charge in [-0.05, 0) is 32.8 Å². The van der Waals surface area contributed by atoms with Crippen molar-refractivity contribution in [1.82, 2.24) is 15.1 Å². The lowest BCUT2D eigenvalue weighted by Crippen LogP contribution is -2.15. The summed E-state index contributed by atoms with van der Waals surface area (Å²) in [5.74, 6) is 0.802. The lowest BCUT2D eigenvalue weighted by molar-refractivity contribution is 0.392. The standard InChI is InChI=1S/C18H19FN4O2/c1-11-15(12(2)25-23-11)8-7-14-9-17(24)22-18(21-14)20-10-13-5-3-4-6-16(13)19/h3-6,9H,7-8,10H2,1-2H3,(H2,20,21,22,24). The Morgan fingerprint density at radius 1 is 1.24 bits per heavy atom. The maximum Gasteiger partial charge on any atom is 0.252 e. The summed E-state index contributed by atoms with van der Waals surface area (Å²) in [7, 11) is 0. The van der Waals surface area contributed by atoms with Crippen molar-refractivity contribution in [1.29, 1.82) is 0 Å². The molecule has 1 aromatic carbocycles. The molecule has 0 saturated heterocycles. The van der Waals surface area contributed by atoms with Gasteiger partial charge in [0.1, 0.15) is 11.6 Å². The Morgan fingerprint density at radius 3 is 2.76 bits per heavy atom. The topological polar surface area (TPSA) is 83.8 Å². The molecule has 2 aromatic heterocycles. The summed E-state index contributed by atoms with van der Waals surface area (Å²) in [5, 5.41) is 6.89. The third-order valence-electron chi connectivity index (χ3n) is 4.01. The van der Waals surface area contributed by atoms with Crippen molar-refractivity contribution in [2.24, 2.45) is 0 Å². The minimum absolute atomic E-state index is 0.239. The van der Waals surface area contributed by atoms with Crippen LogP contribution in [0.4, 0.5) is 10.3 Å². The fourth-order valence-electron chi connectivity index (χ4n) is 2.65. The third-order valence-corrected chi connectivity index (χ3v) is 4.01. The first-order chi connectivity index (χ1) is 12.0. The fourth-order valence-corrected chi connectivity index (χ4v) is 2.65.